The number of halogens is 2. The van der Waals surface area contributed by atoms with E-state index in [1.54, 1.807) is 16.2 Å². The van der Waals surface area contributed by atoms with E-state index >= 15 is 0 Å². The largest absolute Gasteiger partial charge is 1.00 e. The Morgan fingerprint density at radius 2 is 2.11 bits per heavy atom. The quantitative estimate of drug-likeness (QED) is 0.814. The fourth-order valence-electron chi connectivity index (χ4n) is 2.27. The van der Waals surface area contributed by atoms with Crippen LogP contribution in [0.5, 0.6) is 0 Å². The Hall–Kier alpha value is -0.0000000000000000555. The molecule has 1 N–H and O–H groups in total. The minimum Gasteiger partial charge on any atom is -1.00 e. The highest BCUT2D eigenvalue weighted by molar-refractivity contribution is 8.01. The number of likely N-dealkylation sites (tertiary alicyclic amines) is 1. The first kappa shape index (κ1) is 15.4. The second-order valence-electron chi connectivity index (χ2n) is 4.87. The van der Waals surface area contributed by atoms with Crippen molar-refractivity contribution in [1.29, 1.82) is 0 Å². The Balaban J connectivity index is 0.00000133. The fraction of sp³-hybridized carbons (Fsp3) is 0.462. The summed E-state index contributed by atoms with van der Waals surface area (Å²) >= 11 is 9.73. The van der Waals surface area contributed by atoms with Gasteiger partial charge in [-0.05, 0) is 18.2 Å². The van der Waals surface area contributed by atoms with E-state index in [4.69, 9.17) is 11.6 Å². The molecule has 104 valence electrons. The lowest BCUT2D eigenvalue weighted by atomic mass is 10.1. The van der Waals surface area contributed by atoms with Gasteiger partial charge in [0.25, 0.3) is 0 Å². The number of hydrogen-bond acceptors (Lipinski definition) is 3. The molecular weight excluding hydrogens is 319 g/mol. The van der Waals surface area contributed by atoms with Gasteiger partial charge in [0.1, 0.15) is 0 Å². The summed E-state index contributed by atoms with van der Waals surface area (Å²) in [6.45, 7) is 2.57. The molecule has 19 heavy (non-hydrogen) atoms. The third kappa shape index (κ3) is 3.76. The fourth-order valence-corrected chi connectivity index (χ4v) is 4.90. The summed E-state index contributed by atoms with van der Waals surface area (Å²) in [4.78, 5) is 6.33. The number of benzene rings is 1. The number of aromatic nitrogens is 1. The summed E-state index contributed by atoms with van der Waals surface area (Å²) in [5.41, 5.74) is 1.04. The SMILES string of the molecule is C[NH+]1CCC(Sc2nc3cc(Cl)ccc3s2)CC1.[Cl-]. The van der Waals surface area contributed by atoms with Gasteiger partial charge in [-0.1, -0.05) is 23.4 Å². The molecule has 0 radical (unpaired) electrons. The summed E-state index contributed by atoms with van der Waals surface area (Å²) in [5.74, 6) is 0. The smallest absolute Gasteiger partial charge is 0.151 e. The van der Waals surface area contributed by atoms with E-state index in [9.17, 15) is 0 Å². The normalized spacial score (nSPS) is 23.3. The summed E-state index contributed by atoms with van der Waals surface area (Å²) < 4.78 is 2.43. The lowest BCUT2D eigenvalue weighted by molar-refractivity contribution is -0.884. The molecule has 1 saturated heterocycles. The van der Waals surface area contributed by atoms with Gasteiger partial charge in [-0.25, -0.2) is 4.98 Å². The van der Waals surface area contributed by atoms with Crippen molar-refractivity contribution < 1.29 is 17.3 Å². The first-order chi connectivity index (χ1) is 8.70. The maximum absolute atomic E-state index is 5.99. The van der Waals surface area contributed by atoms with Gasteiger partial charge < -0.3 is 17.3 Å². The van der Waals surface area contributed by atoms with Crippen molar-refractivity contribution in [3.63, 3.8) is 0 Å². The van der Waals surface area contributed by atoms with Gasteiger partial charge in [-0.3, -0.25) is 0 Å². The molecule has 1 fully saturated rings. The van der Waals surface area contributed by atoms with E-state index < -0.39 is 0 Å². The number of quaternary nitrogens is 1. The molecule has 1 aromatic carbocycles. The molecule has 0 unspecified atom stereocenters. The minimum atomic E-state index is 0. The van der Waals surface area contributed by atoms with Crippen LogP contribution in [0.2, 0.25) is 5.02 Å². The molecule has 2 nitrogen and oxygen atoms in total. The Morgan fingerprint density at radius 1 is 1.37 bits per heavy atom. The lowest BCUT2D eigenvalue weighted by Gasteiger charge is -2.25. The van der Waals surface area contributed by atoms with Crippen molar-refractivity contribution in [2.45, 2.75) is 22.4 Å². The van der Waals surface area contributed by atoms with Crippen molar-refractivity contribution >= 4 is 44.9 Å². The van der Waals surface area contributed by atoms with Crippen LogP contribution in [0.15, 0.2) is 22.5 Å². The topological polar surface area (TPSA) is 17.3 Å². The van der Waals surface area contributed by atoms with Crippen molar-refractivity contribution in [1.82, 2.24) is 4.98 Å². The maximum Gasteiger partial charge on any atom is 0.151 e. The number of rotatable bonds is 2. The highest BCUT2D eigenvalue weighted by Gasteiger charge is 2.21. The zero-order valence-corrected chi connectivity index (χ0v) is 13.8. The third-order valence-corrected chi connectivity index (χ3v) is 6.09. The molecule has 6 heteroatoms. The van der Waals surface area contributed by atoms with Crippen LogP contribution in [0.25, 0.3) is 10.2 Å². The average Bonchev–Trinajstić information content (AvgIpc) is 2.73. The van der Waals surface area contributed by atoms with Gasteiger partial charge in [0.05, 0.1) is 30.4 Å². The molecule has 0 aliphatic carbocycles. The zero-order chi connectivity index (χ0) is 12.5. The molecule has 1 aliphatic rings. The van der Waals surface area contributed by atoms with Crippen LogP contribution in [0.1, 0.15) is 12.8 Å². The van der Waals surface area contributed by atoms with Crippen LogP contribution in [0.3, 0.4) is 0 Å². The molecular formula is C13H16Cl2N2S2. The second kappa shape index (κ2) is 6.64. The molecule has 1 aromatic heterocycles. The van der Waals surface area contributed by atoms with Crippen molar-refractivity contribution in [2.24, 2.45) is 0 Å². The number of nitrogens with zero attached hydrogens (tertiary/aromatic N) is 1. The maximum atomic E-state index is 5.99. The Labute approximate surface area is 132 Å². The van der Waals surface area contributed by atoms with Gasteiger partial charge in [-0.15, -0.1) is 11.3 Å². The number of hydrogen-bond donors (Lipinski definition) is 1. The Kier molecular flexibility index (Phi) is 5.37. The summed E-state index contributed by atoms with van der Waals surface area (Å²) in [6, 6.07) is 5.96. The molecule has 0 spiro atoms. The summed E-state index contributed by atoms with van der Waals surface area (Å²) in [5, 5.41) is 1.51. The molecule has 2 heterocycles. The van der Waals surface area contributed by atoms with Crippen molar-refractivity contribution in [3.8, 4) is 0 Å². The standard InChI is InChI=1S/C13H15ClN2S2.ClH/c1-16-6-4-10(5-7-16)17-13-15-11-8-9(14)2-3-12(11)18-13;/h2-3,8,10H,4-7H2,1H3;1H. The van der Waals surface area contributed by atoms with Crippen LogP contribution in [0.4, 0.5) is 0 Å². The average molecular weight is 335 g/mol. The number of thiazole rings is 1. The molecule has 1 aliphatic heterocycles. The van der Waals surface area contributed by atoms with E-state index in [-0.39, 0.29) is 12.4 Å². The van der Waals surface area contributed by atoms with Gasteiger partial charge in [0.15, 0.2) is 4.34 Å². The number of thioether (sulfide) groups is 1. The van der Waals surface area contributed by atoms with Crippen molar-refractivity contribution in [2.75, 3.05) is 20.1 Å². The van der Waals surface area contributed by atoms with Gasteiger partial charge in [-0.2, -0.15) is 0 Å². The Bertz CT molecular complexity index is 551. The van der Waals surface area contributed by atoms with Crippen LogP contribution in [-0.4, -0.2) is 30.4 Å². The first-order valence-corrected chi connectivity index (χ1v) is 8.32. The zero-order valence-electron chi connectivity index (χ0n) is 10.7. The molecule has 2 aromatic rings. The Morgan fingerprint density at radius 3 is 2.84 bits per heavy atom. The second-order valence-corrected chi connectivity index (χ2v) is 7.88. The molecule has 0 atom stereocenters. The lowest BCUT2D eigenvalue weighted by Crippen LogP contribution is -3.10. The number of nitrogens with one attached hydrogen (secondary N) is 1. The van der Waals surface area contributed by atoms with E-state index in [0.29, 0.717) is 0 Å². The molecule has 3 rings (SSSR count). The summed E-state index contributed by atoms with van der Waals surface area (Å²) in [6.07, 6.45) is 2.60. The van der Waals surface area contributed by atoms with E-state index in [1.807, 2.05) is 23.9 Å². The van der Waals surface area contributed by atoms with Crippen LogP contribution >= 0.6 is 34.7 Å². The van der Waals surface area contributed by atoms with Gasteiger partial charge >= 0.3 is 0 Å². The predicted octanol–water partition coefficient (Wildman–Crippen LogP) is -0.277. The van der Waals surface area contributed by atoms with Gasteiger partial charge in [0.2, 0.25) is 0 Å². The van der Waals surface area contributed by atoms with E-state index in [1.165, 1.54) is 35.0 Å². The third-order valence-electron chi connectivity index (χ3n) is 3.38. The van der Waals surface area contributed by atoms with Gasteiger partial charge in [0, 0.05) is 23.1 Å². The van der Waals surface area contributed by atoms with Crippen LogP contribution in [0, 0.1) is 0 Å². The van der Waals surface area contributed by atoms with E-state index in [0.717, 1.165) is 15.8 Å². The molecule has 0 amide bonds. The monoisotopic (exact) mass is 334 g/mol. The highest BCUT2D eigenvalue weighted by atomic mass is 35.5. The van der Waals surface area contributed by atoms with E-state index in [2.05, 4.69) is 18.1 Å². The van der Waals surface area contributed by atoms with Crippen molar-refractivity contribution in [3.05, 3.63) is 23.2 Å². The highest BCUT2D eigenvalue weighted by Crippen LogP contribution is 2.35. The first-order valence-electron chi connectivity index (χ1n) is 6.25. The summed E-state index contributed by atoms with van der Waals surface area (Å²) in [7, 11) is 2.28. The number of fused-ring (bicyclic) bond motifs is 1. The number of piperidine rings is 1. The molecule has 0 saturated carbocycles. The van der Waals surface area contributed by atoms with Crippen LogP contribution < -0.4 is 17.3 Å². The molecule has 0 bridgehead atoms. The predicted molar refractivity (Wildman–Crippen MR) is 80.1 cm³/mol. The minimum absolute atomic E-state index is 0. The van der Waals surface area contributed by atoms with Crippen LogP contribution in [-0.2, 0) is 0 Å².